The average molecular weight is 306 g/mol. The minimum absolute atomic E-state index is 0.353. The van der Waals surface area contributed by atoms with Gasteiger partial charge < -0.3 is 5.32 Å². The lowest BCUT2D eigenvalue weighted by atomic mass is 9.95. The van der Waals surface area contributed by atoms with Crippen LogP contribution in [0.4, 0.5) is 0 Å². The standard InChI is InChI=1S/C17H24ClN3/c1-11-6-7-12(2)14(8-11)9-15(19-4)10-16-13(3)20-21(5)17(16)18/h6-8,15,19H,9-10H2,1-5H3. The van der Waals surface area contributed by atoms with E-state index < -0.39 is 0 Å². The molecule has 3 nitrogen and oxygen atoms in total. The van der Waals surface area contributed by atoms with Gasteiger partial charge in [0.05, 0.1) is 5.69 Å². The molecule has 114 valence electrons. The Kier molecular flexibility index (Phi) is 5.07. The maximum atomic E-state index is 6.35. The third kappa shape index (κ3) is 3.66. The largest absolute Gasteiger partial charge is 0.316 e. The van der Waals surface area contributed by atoms with Crippen molar-refractivity contribution in [3.05, 3.63) is 51.3 Å². The minimum Gasteiger partial charge on any atom is -0.316 e. The van der Waals surface area contributed by atoms with Gasteiger partial charge in [0.15, 0.2) is 0 Å². The molecule has 0 spiro atoms. The number of halogens is 1. The third-order valence-electron chi connectivity index (χ3n) is 4.10. The second-order valence-corrected chi connectivity index (χ2v) is 6.16. The van der Waals surface area contributed by atoms with Crippen LogP contribution in [0.2, 0.25) is 5.15 Å². The summed E-state index contributed by atoms with van der Waals surface area (Å²) in [6, 6.07) is 6.98. The Bertz CT molecular complexity index is 631. The summed E-state index contributed by atoms with van der Waals surface area (Å²) in [5.41, 5.74) is 6.20. The van der Waals surface area contributed by atoms with Gasteiger partial charge in [-0.2, -0.15) is 5.10 Å². The molecule has 1 aromatic carbocycles. The monoisotopic (exact) mass is 305 g/mol. The number of rotatable bonds is 5. The molecule has 2 aromatic rings. The molecule has 0 bridgehead atoms. The van der Waals surface area contributed by atoms with Gasteiger partial charge in [0, 0.05) is 18.7 Å². The van der Waals surface area contributed by atoms with E-state index in [1.807, 2.05) is 21.0 Å². The molecule has 1 unspecified atom stereocenters. The Balaban J connectivity index is 2.19. The highest BCUT2D eigenvalue weighted by Gasteiger charge is 2.17. The van der Waals surface area contributed by atoms with Crippen molar-refractivity contribution in [3.8, 4) is 0 Å². The topological polar surface area (TPSA) is 29.9 Å². The number of hydrogen-bond acceptors (Lipinski definition) is 2. The first-order valence-corrected chi connectivity index (χ1v) is 7.71. The van der Waals surface area contributed by atoms with Crippen LogP contribution in [0, 0.1) is 20.8 Å². The van der Waals surface area contributed by atoms with Crippen LogP contribution in [0.1, 0.15) is 27.9 Å². The Labute approximate surface area is 132 Å². The highest BCUT2D eigenvalue weighted by molar-refractivity contribution is 6.30. The van der Waals surface area contributed by atoms with Gasteiger partial charge in [0.25, 0.3) is 0 Å². The fraction of sp³-hybridized carbons (Fsp3) is 0.471. The highest BCUT2D eigenvalue weighted by Crippen LogP contribution is 2.22. The van der Waals surface area contributed by atoms with Gasteiger partial charge in [-0.15, -0.1) is 0 Å². The summed E-state index contributed by atoms with van der Waals surface area (Å²) in [5, 5.41) is 8.55. The second-order valence-electron chi connectivity index (χ2n) is 5.80. The first-order valence-electron chi connectivity index (χ1n) is 7.33. The van der Waals surface area contributed by atoms with E-state index in [1.54, 1.807) is 4.68 Å². The first-order chi connectivity index (χ1) is 9.92. The lowest BCUT2D eigenvalue weighted by molar-refractivity contribution is 0.554. The molecule has 0 aliphatic rings. The normalized spacial score (nSPS) is 12.7. The smallest absolute Gasteiger partial charge is 0.130 e. The van der Waals surface area contributed by atoms with Gasteiger partial charge in [0.1, 0.15) is 5.15 Å². The van der Waals surface area contributed by atoms with E-state index in [0.29, 0.717) is 6.04 Å². The van der Waals surface area contributed by atoms with Gasteiger partial charge in [-0.1, -0.05) is 35.4 Å². The van der Waals surface area contributed by atoms with Crippen LogP contribution in [-0.2, 0) is 19.9 Å². The van der Waals surface area contributed by atoms with Crippen LogP contribution in [-0.4, -0.2) is 22.9 Å². The third-order valence-corrected chi connectivity index (χ3v) is 4.57. The molecule has 2 rings (SSSR count). The SMILES string of the molecule is CNC(Cc1cc(C)ccc1C)Cc1c(C)nn(C)c1Cl. The number of likely N-dealkylation sites (N-methyl/N-ethyl adjacent to an activating group) is 1. The van der Waals surface area contributed by atoms with Gasteiger partial charge in [-0.05, 0) is 51.8 Å². The lowest BCUT2D eigenvalue weighted by Crippen LogP contribution is -2.30. The molecular formula is C17H24ClN3. The van der Waals surface area contributed by atoms with Crippen molar-refractivity contribution < 1.29 is 0 Å². The number of nitrogens with zero attached hydrogens (tertiary/aromatic N) is 2. The van der Waals surface area contributed by atoms with Crippen LogP contribution in [0.3, 0.4) is 0 Å². The van der Waals surface area contributed by atoms with E-state index >= 15 is 0 Å². The molecule has 0 aliphatic heterocycles. The molecule has 4 heteroatoms. The molecule has 0 fully saturated rings. The van der Waals surface area contributed by atoms with Gasteiger partial charge in [0.2, 0.25) is 0 Å². The van der Waals surface area contributed by atoms with Crippen molar-refractivity contribution in [3.63, 3.8) is 0 Å². The zero-order valence-corrected chi connectivity index (χ0v) is 14.3. The van der Waals surface area contributed by atoms with Crippen LogP contribution >= 0.6 is 11.6 Å². The predicted molar refractivity (Wildman–Crippen MR) is 89.1 cm³/mol. The summed E-state index contributed by atoms with van der Waals surface area (Å²) in [6.07, 6.45) is 1.89. The Morgan fingerprint density at radius 3 is 2.52 bits per heavy atom. The number of nitrogens with one attached hydrogen (secondary N) is 1. The fourth-order valence-electron chi connectivity index (χ4n) is 2.71. The van der Waals surface area contributed by atoms with Crippen molar-refractivity contribution in [2.45, 2.75) is 39.7 Å². The van der Waals surface area contributed by atoms with E-state index in [9.17, 15) is 0 Å². The Morgan fingerprint density at radius 2 is 1.95 bits per heavy atom. The zero-order chi connectivity index (χ0) is 15.6. The number of aryl methyl sites for hydroxylation is 4. The van der Waals surface area contributed by atoms with Crippen LogP contribution in [0.25, 0.3) is 0 Å². The molecule has 1 N–H and O–H groups in total. The first kappa shape index (κ1) is 16.1. The quantitative estimate of drug-likeness (QED) is 0.918. The van der Waals surface area contributed by atoms with E-state index in [2.05, 4.69) is 42.5 Å². The minimum atomic E-state index is 0.353. The summed E-state index contributed by atoms with van der Waals surface area (Å²) >= 11 is 6.35. The molecule has 1 aromatic heterocycles. The van der Waals surface area contributed by atoms with E-state index in [-0.39, 0.29) is 0 Å². The predicted octanol–water partition coefficient (Wildman–Crippen LogP) is 3.37. The fourth-order valence-corrected chi connectivity index (χ4v) is 2.97. The van der Waals surface area contributed by atoms with Crippen LogP contribution in [0.5, 0.6) is 0 Å². The molecule has 0 radical (unpaired) electrons. The highest BCUT2D eigenvalue weighted by atomic mass is 35.5. The molecular weight excluding hydrogens is 282 g/mol. The van der Waals surface area contributed by atoms with Crippen molar-refractivity contribution >= 4 is 11.6 Å². The van der Waals surface area contributed by atoms with E-state index in [0.717, 1.165) is 29.3 Å². The average Bonchev–Trinajstić information content (AvgIpc) is 2.68. The number of hydrogen-bond donors (Lipinski definition) is 1. The van der Waals surface area contributed by atoms with Crippen molar-refractivity contribution in [1.82, 2.24) is 15.1 Å². The maximum absolute atomic E-state index is 6.35. The number of benzene rings is 1. The summed E-state index contributed by atoms with van der Waals surface area (Å²) in [4.78, 5) is 0. The maximum Gasteiger partial charge on any atom is 0.130 e. The van der Waals surface area contributed by atoms with E-state index in [4.69, 9.17) is 11.6 Å². The van der Waals surface area contributed by atoms with Crippen molar-refractivity contribution in [2.24, 2.45) is 7.05 Å². The summed E-state index contributed by atoms with van der Waals surface area (Å²) in [6.45, 7) is 6.33. The van der Waals surface area contributed by atoms with Crippen LogP contribution < -0.4 is 5.32 Å². The molecule has 0 saturated heterocycles. The van der Waals surface area contributed by atoms with Crippen molar-refractivity contribution in [1.29, 1.82) is 0 Å². The van der Waals surface area contributed by atoms with Crippen LogP contribution in [0.15, 0.2) is 18.2 Å². The summed E-state index contributed by atoms with van der Waals surface area (Å²) in [5.74, 6) is 0. The van der Waals surface area contributed by atoms with Crippen molar-refractivity contribution in [2.75, 3.05) is 7.05 Å². The molecule has 0 aliphatic carbocycles. The zero-order valence-electron chi connectivity index (χ0n) is 13.5. The second kappa shape index (κ2) is 6.63. The summed E-state index contributed by atoms with van der Waals surface area (Å²) < 4.78 is 1.75. The number of aromatic nitrogens is 2. The summed E-state index contributed by atoms with van der Waals surface area (Å²) in [7, 11) is 3.90. The Hall–Kier alpha value is -1.32. The van der Waals surface area contributed by atoms with Gasteiger partial charge >= 0.3 is 0 Å². The lowest BCUT2D eigenvalue weighted by Gasteiger charge is -2.18. The molecule has 0 amide bonds. The Morgan fingerprint density at radius 1 is 1.24 bits per heavy atom. The van der Waals surface area contributed by atoms with E-state index in [1.165, 1.54) is 16.7 Å². The van der Waals surface area contributed by atoms with Gasteiger partial charge in [-0.25, -0.2) is 0 Å². The molecule has 21 heavy (non-hydrogen) atoms. The molecule has 0 saturated carbocycles. The van der Waals surface area contributed by atoms with Gasteiger partial charge in [-0.3, -0.25) is 4.68 Å². The molecule has 1 heterocycles. The molecule has 1 atom stereocenters.